The molecule has 4 atom stereocenters. The highest BCUT2D eigenvalue weighted by Gasteiger charge is 2.43. The first-order valence-electron chi connectivity index (χ1n) is 10.3. The molecule has 4 aliphatic heterocycles. The molecule has 2 N–H and O–H groups in total. The second kappa shape index (κ2) is 7.98. The Kier molecular flexibility index (Phi) is 5.45. The van der Waals surface area contributed by atoms with Crippen molar-refractivity contribution in [2.45, 2.75) is 44.7 Å². The van der Waals surface area contributed by atoms with Crippen LogP contribution in [0.25, 0.3) is 0 Å². The molecule has 0 spiro atoms. The minimum atomic E-state index is 0.00238. The van der Waals surface area contributed by atoms with Crippen LogP contribution < -0.4 is 10.9 Å². The Bertz CT molecular complexity index is 680. The van der Waals surface area contributed by atoms with Gasteiger partial charge < -0.3 is 9.80 Å². The van der Waals surface area contributed by atoms with Gasteiger partial charge in [0.25, 0.3) is 5.91 Å². The van der Waals surface area contributed by atoms with Crippen LogP contribution in [0.4, 0.5) is 0 Å². The molecular weight excluding hydrogens is 340 g/mol. The number of hydrazine groups is 1. The second-order valence-corrected chi connectivity index (χ2v) is 8.19. The van der Waals surface area contributed by atoms with Gasteiger partial charge in [0.2, 0.25) is 5.91 Å². The van der Waals surface area contributed by atoms with Crippen LogP contribution in [0.1, 0.15) is 43.0 Å². The van der Waals surface area contributed by atoms with Crippen LogP contribution in [0.2, 0.25) is 0 Å². The van der Waals surface area contributed by atoms with Crippen molar-refractivity contribution < 1.29 is 9.59 Å². The fraction of sp³-hybridized carbons (Fsp3) is 0.619. The number of benzene rings is 1. The maximum atomic E-state index is 13.3. The van der Waals surface area contributed by atoms with Crippen molar-refractivity contribution >= 4 is 11.8 Å². The largest absolute Gasteiger partial charge is 0.337 e. The number of amides is 2. The predicted molar refractivity (Wildman–Crippen MR) is 104 cm³/mol. The van der Waals surface area contributed by atoms with Gasteiger partial charge in [-0.2, -0.15) is 0 Å². The first-order valence-corrected chi connectivity index (χ1v) is 10.3. The Morgan fingerprint density at radius 2 is 1.93 bits per heavy atom. The van der Waals surface area contributed by atoms with Crippen molar-refractivity contribution in [3.63, 3.8) is 0 Å². The summed E-state index contributed by atoms with van der Waals surface area (Å²) in [5, 5.41) is 0. The zero-order valence-corrected chi connectivity index (χ0v) is 16.1. The quantitative estimate of drug-likeness (QED) is 0.846. The van der Waals surface area contributed by atoms with Gasteiger partial charge in [-0.1, -0.05) is 31.5 Å². The Morgan fingerprint density at radius 1 is 1.11 bits per heavy atom. The molecule has 1 aromatic rings. The molecule has 0 radical (unpaired) electrons. The minimum absolute atomic E-state index is 0.00238. The molecular formula is C21H30N4O2. The van der Waals surface area contributed by atoms with E-state index >= 15 is 0 Å². The monoisotopic (exact) mass is 370 g/mol. The van der Waals surface area contributed by atoms with E-state index in [1.54, 1.807) is 0 Å². The molecule has 27 heavy (non-hydrogen) atoms. The van der Waals surface area contributed by atoms with Gasteiger partial charge in [0.1, 0.15) is 0 Å². The van der Waals surface area contributed by atoms with Gasteiger partial charge >= 0.3 is 0 Å². The summed E-state index contributed by atoms with van der Waals surface area (Å²) >= 11 is 0. The molecule has 6 heteroatoms. The molecule has 5 rings (SSSR count). The summed E-state index contributed by atoms with van der Waals surface area (Å²) in [5.41, 5.74) is 7.19. The van der Waals surface area contributed by atoms with Gasteiger partial charge in [-0.05, 0) is 37.3 Å². The van der Waals surface area contributed by atoms with E-state index in [0.29, 0.717) is 19.0 Å². The van der Waals surface area contributed by atoms with Gasteiger partial charge in [0.15, 0.2) is 0 Å². The summed E-state index contributed by atoms with van der Waals surface area (Å²) in [4.78, 5) is 30.3. The number of fused-ring (bicyclic) bond motifs is 4. The van der Waals surface area contributed by atoms with Crippen LogP contribution in [0.15, 0.2) is 30.3 Å². The lowest BCUT2D eigenvalue weighted by molar-refractivity contribution is -0.139. The van der Waals surface area contributed by atoms with E-state index in [1.165, 1.54) is 0 Å². The highest BCUT2D eigenvalue weighted by atomic mass is 16.2. The average molecular weight is 370 g/mol. The van der Waals surface area contributed by atoms with E-state index < -0.39 is 0 Å². The third-order valence-corrected chi connectivity index (χ3v) is 6.32. The number of hydrogen-bond donors (Lipinski definition) is 2. The van der Waals surface area contributed by atoms with Crippen molar-refractivity contribution in [2.24, 2.45) is 11.8 Å². The maximum absolute atomic E-state index is 13.3. The standard InChI is InChI=1S/C21H30N4O2/c1-2-6-19-18(11-22-23-19)21(27)25-13-15-9-10-17(25)14-24(12-15)20(26)16-7-4-3-5-8-16/h3-5,7-8,15,17-19,22-23H,2,6,9-14H2,1H3/t15-,17+,18?,19?/m0/s1. The lowest BCUT2D eigenvalue weighted by Crippen LogP contribution is -2.52. The molecule has 6 nitrogen and oxygen atoms in total. The van der Waals surface area contributed by atoms with Crippen molar-refractivity contribution in [1.82, 2.24) is 20.7 Å². The van der Waals surface area contributed by atoms with Crippen LogP contribution >= 0.6 is 0 Å². The third kappa shape index (κ3) is 3.73. The summed E-state index contributed by atoms with van der Waals surface area (Å²) < 4.78 is 0. The van der Waals surface area contributed by atoms with Gasteiger partial charge in [0, 0.05) is 43.8 Å². The minimum Gasteiger partial charge on any atom is -0.337 e. The number of hydrogen-bond acceptors (Lipinski definition) is 4. The molecule has 0 aliphatic carbocycles. The fourth-order valence-electron chi connectivity index (χ4n) is 4.88. The molecule has 0 aromatic heterocycles. The van der Waals surface area contributed by atoms with Crippen molar-refractivity contribution in [1.29, 1.82) is 0 Å². The van der Waals surface area contributed by atoms with Crippen molar-refractivity contribution in [3.05, 3.63) is 35.9 Å². The molecule has 4 heterocycles. The molecule has 2 amide bonds. The lowest BCUT2D eigenvalue weighted by atomic mass is 9.91. The van der Waals surface area contributed by atoms with Crippen molar-refractivity contribution in [3.8, 4) is 0 Å². The number of carbonyl (C=O) groups excluding carboxylic acids is 2. The molecule has 0 saturated carbocycles. The van der Waals surface area contributed by atoms with Crippen molar-refractivity contribution in [2.75, 3.05) is 26.2 Å². The number of piperidine rings is 1. The summed E-state index contributed by atoms with van der Waals surface area (Å²) in [7, 11) is 0. The summed E-state index contributed by atoms with van der Waals surface area (Å²) in [6.45, 7) is 5.06. The highest BCUT2D eigenvalue weighted by Crippen LogP contribution is 2.31. The van der Waals surface area contributed by atoms with Gasteiger partial charge in [-0.15, -0.1) is 0 Å². The summed E-state index contributed by atoms with van der Waals surface area (Å²) in [6, 6.07) is 9.86. The number of nitrogens with zero attached hydrogens (tertiary/aromatic N) is 2. The van der Waals surface area contributed by atoms with Crippen LogP contribution in [0.3, 0.4) is 0 Å². The smallest absolute Gasteiger partial charge is 0.253 e. The Balaban J connectivity index is 1.48. The van der Waals surface area contributed by atoms with Gasteiger partial charge in [-0.3, -0.25) is 20.4 Å². The van der Waals surface area contributed by atoms with Crippen LogP contribution in [0, 0.1) is 11.8 Å². The second-order valence-electron chi connectivity index (χ2n) is 8.19. The zero-order valence-electron chi connectivity index (χ0n) is 16.1. The van der Waals surface area contributed by atoms with Gasteiger partial charge in [0.05, 0.1) is 5.92 Å². The highest BCUT2D eigenvalue weighted by molar-refractivity contribution is 5.94. The molecule has 4 aliphatic rings. The molecule has 4 saturated heterocycles. The maximum Gasteiger partial charge on any atom is 0.253 e. The summed E-state index contributed by atoms with van der Waals surface area (Å²) in [6.07, 6.45) is 4.17. The van der Waals surface area contributed by atoms with Crippen LogP contribution in [-0.4, -0.2) is 59.9 Å². The Hall–Kier alpha value is -1.92. The fourth-order valence-corrected chi connectivity index (χ4v) is 4.88. The number of nitrogens with one attached hydrogen (secondary N) is 2. The molecule has 1 aromatic carbocycles. The number of rotatable bonds is 4. The van der Waals surface area contributed by atoms with E-state index in [2.05, 4.69) is 22.7 Å². The Morgan fingerprint density at radius 3 is 2.70 bits per heavy atom. The first kappa shape index (κ1) is 18.4. The molecule has 4 fully saturated rings. The van der Waals surface area contributed by atoms with E-state index in [-0.39, 0.29) is 29.8 Å². The van der Waals surface area contributed by atoms with E-state index in [9.17, 15) is 9.59 Å². The SMILES string of the molecule is CCCC1NNCC1C(=O)N1C[C@H]2CC[C@@H]1CN(C(=O)c1ccccc1)C2. The first-order chi connectivity index (χ1) is 13.2. The Labute approximate surface area is 161 Å². The van der Waals surface area contributed by atoms with Gasteiger partial charge in [-0.25, -0.2) is 0 Å². The topological polar surface area (TPSA) is 64.7 Å². The van der Waals surface area contributed by atoms with E-state index in [4.69, 9.17) is 0 Å². The molecule has 2 unspecified atom stereocenters. The zero-order chi connectivity index (χ0) is 18.8. The van der Waals surface area contributed by atoms with Crippen LogP contribution in [-0.2, 0) is 4.79 Å². The molecule has 2 bridgehead atoms. The lowest BCUT2D eigenvalue weighted by Gasteiger charge is -2.38. The normalized spacial score (nSPS) is 30.4. The third-order valence-electron chi connectivity index (χ3n) is 6.32. The van der Waals surface area contributed by atoms with E-state index in [0.717, 1.165) is 44.3 Å². The van der Waals surface area contributed by atoms with Crippen LogP contribution in [0.5, 0.6) is 0 Å². The predicted octanol–water partition coefficient (Wildman–Crippen LogP) is 1.64. The summed E-state index contributed by atoms with van der Waals surface area (Å²) in [5.74, 6) is 0.736. The van der Waals surface area contributed by atoms with E-state index in [1.807, 2.05) is 35.2 Å². The number of carbonyl (C=O) groups is 2. The molecule has 146 valence electrons. The average Bonchev–Trinajstić information content (AvgIpc) is 2.96.